The second-order valence-corrected chi connectivity index (χ2v) is 6.34. The van der Waals surface area contributed by atoms with Crippen LogP contribution < -0.4 is 10.6 Å². The molecule has 2 rings (SSSR count). The van der Waals surface area contributed by atoms with Gasteiger partial charge in [0.05, 0.1) is 13.2 Å². The molecule has 3 N–H and O–H groups in total. The monoisotopic (exact) mass is 449 g/mol. The van der Waals surface area contributed by atoms with Crippen LogP contribution >= 0.6 is 24.0 Å². The Morgan fingerprint density at radius 2 is 2.04 bits per heavy atom. The zero-order valence-corrected chi connectivity index (χ0v) is 16.9. The second kappa shape index (κ2) is 10.2. The lowest BCUT2D eigenvalue weighted by Crippen LogP contribution is -2.46. The van der Waals surface area contributed by atoms with Crippen LogP contribution in [0, 0.1) is 11.2 Å². The summed E-state index contributed by atoms with van der Waals surface area (Å²) < 4.78 is 13.4. The van der Waals surface area contributed by atoms with Crippen molar-refractivity contribution in [2.24, 2.45) is 10.4 Å². The number of aliphatic hydroxyl groups excluding tert-OH is 1. The third kappa shape index (κ3) is 5.58. The summed E-state index contributed by atoms with van der Waals surface area (Å²) in [5, 5.41) is 15.8. The van der Waals surface area contributed by atoms with Crippen LogP contribution in [0.1, 0.15) is 50.7 Å². The van der Waals surface area contributed by atoms with Gasteiger partial charge in [-0.2, -0.15) is 0 Å². The third-order valence-corrected chi connectivity index (χ3v) is 4.84. The van der Waals surface area contributed by atoms with E-state index in [1.807, 2.05) is 6.92 Å². The van der Waals surface area contributed by atoms with E-state index in [2.05, 4.69) is 22.5 Å². The minimum Gasteiger partial charge on any atom is -0.392 e. The van der Waals surface area contributed by atoms with Crippen LogP contribution in [0.15, 0.2) is 23.2 Å². The van der Waals surface area contributed by atoms with E-state index >= 15 is 0 Å². The highest BCUT2D eigenvalue weighted by atomic mass is 127. The Hall–Kier alpha value is -0.890. The summed E-state index contributed by atoms with van der Waals surface area (Å²) in [6, 6.07) is 4.76. The molecule has 1 aromatic rings. The first kappa shape index (κ1) is 21.2. The van der Waals surface area contributed by atoms with Crippen molar-refractivity contribution in [3.8, 4) is 0 Å². The van der Waals surface area contributed by atoms with E-state index in [-0.39, 0.29) is 36.4 Å². The number of halogens is 2. The van der Waals surface area contributed by atoms with Crippen LogP contribution in [0.3, 0.4) is 0 Å². The van der Waals surface area contributed by atoms with Gasteiger partial charge in [0.25, 0.3) is 0 Å². The molecule has 1 saturated carbocycles. The smallest absolute Gasteiger partial charge is 0.191 e. The summed E-state index contributed by atoms with van der Waals surface area (Å²) in [5.74, 6) is 0.419. The highest BCUT2D eigenvalue weighted by Crippen LogP contribution is 2.42. The Balaban J connectivity index is 0.00000288. The Labute approximate surface area is 161 Å². The van der Waals surface area contributed by atoms with Crippen LogP contribution in [0.2, 0.25) is 0 Å². The largest absolute Gasteiger partial charge is 0.392 e. The fourth-order valence-corrected chi connectivity index (χ4v) is 2.96. The molecular weight excluding hydrogens is 420 g/mol. The van der Waals surface area contributed by atoms with Crippen molar-refractivity contribution in [2.75, 3.05) is 13.1 Å². The molecule has 1 aliphatic carbocycles. The maximum absolute atomic E-state index is 13.4. The highest BCUT2D eigenvalue weighted by molar-refractivity contribution is 14.0. The number of nitrogens with zero attached hydrogens (tertiary/aromatic N) is 1. The van der Waals surface area contributed by atoms with Gasteiger partial charge >= 0.3 is 0 Å². The van der Waals surface area contributed by atoms with E-state index in [9.17, 15) is 4.39 Å². The summed E-state index contributed by atoms with van der Waals surface area (Å²) >= 11 is 0. The molecule has 0 saturated heterocycles. The Morgan fingerprint density at radius 3 is 2.58 bits per heavy atom. The molecule has 0 heterocycles. The molecule has 6 heteroatoms. The molecule has 0 unspecified atom stereocenters. The van der Waals surface area contributed by atoms with Gasteiger partial charge in [-0.3, -0.25) is 0 Å². The predicted octanol–water partition coefficient (Wildman–Crippen LogP) is 3.57. The maximum Gasteiger partial charge on any atom is 0.191 e. The van der Waals surface area contributed by atoms with Crippen molar-refractivity contribution < 1.29 is 9.50 Å². The topological polar surface area (TPSA) is 56.7 Å². The quantitative estimate of drug-likeness (QED) is 0.339. The van der Waals surface area contributed by atoms with Gasteiger partial charge in [-0.25, -0.2) is 9.38 Å². The normalized spacial score (nSPS) is 16.1. The lowest BCUT2D eigenvalue weighted by Gasteiger charge is -2.41. The molecule has 1 aliphatic rings. The molecule has 136 valence electrons. The van der Waals surface area contributed by atoms with Gasteiger partial charge in [-0.15, -0.1) is 24.0 Å². The van der Waals surface area contributed by atoms with Gasteiger partial charge in [0.1, 0.15) is 5.82 Å². The fraction of sp³-hybridized carbons (Fsp3) is 0.611. The standard InChI is InChI=1S/C18H28FN3O.HI/c1-3-18(8-5-9-18)13-22-17(20-4-2)21-11-14-6-7-16(19)15(10-14)12-23;/h6-7,10,23H,3-5,8-9,11-13H2,1-2H3,(H2,20,21,22);1H. The fourth-order valence-electron chi connectivity index (χ4n) is 2.96. The van der Waals surface area contributed by atoms with Crippen molar-refractivity contribution in [3.05, 3.63) is 35.1 Å². The number of nitrogens with one attached hydrogen (secondary N) is 2. The van der Waals surface area contributed by atoms with Crippen LogP contribution in [0.25, 0.3) is 0 Å². The summed E-state index contributed by atoms with van der Waals surface area (Å²) in [4.78, 5) is 4.57. The Kier molecular flexibility index (Phi) is 8.97. The van der Waals surface area contributed by atoms with E-state index in [1.165, 1.54) is 31.7 Å². The number of rotatable bonds is 7. The molecule has 0 aromatic heterocycles. The molecule has 0 amide bonds. The molecular formula is C18H29FIN3O. The lowest BCUT2D eigenvalue weighted by atomic mass is 9.67. The van der Waals surface area contributed by atoms with Crippen molar-refractivity contribution in [1.82, 2.24) is 10.6 Å². The summed E-state index contributed by atoms with van der Waals surface area (Å²) in [6.07, 6.45) is 5.08. The van der Waals surface area contributed by atoms with Gasteiger partial charge in [0.2, 0.25) is 0 Å². The van der Waals surface area contributed by atoms with Gasteiger partial charge < -0.3 is 15.7 Å². The molecule has 0 spiro atoms. The first-order valence-corrected chi connectivity index (χ1v) is 8.53. The van der Waals surface area contributed by atoms with Gasteiger partial charge in [0.15, 0.2) is 5.96 Å². The SMILES string of the molecule is CCNC(=NCc1ccc(F)c(CO)c1)NCC1(CC)CCC1.I. The maximum atomic E-state index is 13.4. The molecule has 1 fully saturated rings. The molecule has 24 heavy (non-hydrogen) atoms. The number of hydrogen-bond donors (Lipinski definition) is 3. The molecule has 0 aliphatic heterocycles. The van der Waals surface area contributed by atoms with Crippen LogP contribution in [0.4, 0.5) is 4.39 Å². The van der Waals surface area contributed by atoms with Crippen molar-refractivity contribution in [1.29, 1.82) is 0 Å². The van der Waals surface area contributed by atoms with Gasteiger partial charge in [-0.1, -0.05) is 19.4 Å². The van der Waals surface area contributed by atoms with E-state index in [0.29, 0.717) is 17.5 Å². The van der Waals surface area contributed by atoms with Crippen LogP contribution in [-0.4, -0.2) is 24.2 Å². The van der Waals surface area contributed by atoms with E-state index in [1.54, 1.807) is 12.1 Å². The minimum absolute atomic E-state index is 0. The Morgan fingerprint density at radius 1 is 1.29 bits per heavy atom. The molecule has 1 aromatic carbocycles. The van der Waals surface area contributed by atoms with Crippen LogP contribution in [0.5, 0.6) is 0 Å². The van der Waals surface area contributed by atoms with Gasteiger partial charge in [-0.05, 0) is 49.3 Å². The second-order valence-electron chi connectivity index (χ2n) is 6.34. The summed E-state index contributed by atoms with van der Waals surface area (Å²) in [7, 11) is 0. The summed E-state index contributed by atoms with van der Waals surface area (Å²) in [5.41, 5.74) is 1.63. The highest BCUT2D eigenvalue weighted by Gasteiger charge is 2.34. The van der Waals surface area contributed by atoms with E-state index in [4.69, 9.17) is 5.11 Å². The molecule has 0 bridgehead atoms. The zero-order chi connectivity index (χ0) is 16.7. The van der Waals surface area contributed by atoms with Crippen LogP contribution in [-0.2, 0) is 13.2 Å². The lowest BCUT2D eigenvalue weighted by molar-refractivity contribution is 0.131. The Bertz CT molecular complexity index is 542. The predicted molar refractivity (Wildman–Crippen MR) is 107 cm³/mol. The number of hydrogen-bond acceptors (Lipinski definition) is 2. The van der Waals surface area contributed by atoms with Gasteiger partial charge in [0, 0.05) is 18.7 Å². The van der Waals surface area contributed by atoms with Crippen molar-refractivity contribution in [2.45, 2.75) is 52.7 Å². The van der Waals surface area contributed by atoms with Crippen molar-refractivity contribution in [3.63, 3.8) is 0 Å². The number of aliphatic hydroxyl groups is 1. The first-order valence-electron chi connectivity index (χ1n) is 8.53. The zero-order valence-electron chi connectivity index (χ0n) is 14.6. The molecule has 0 radical (unpaired) electrons. The van der Waals surface area contributed by atoms with E-state index < -0.39 is 0 Å². The third-order valence-electron chi connectivity index (χ3n) is 4.84. The number of benzene rings is 1. The van der Waals surface area contributed by atoms with E-state index in [0.717, 1.165) is 24.6 Å². The molecule has 4 nitrogen and oxygen atoms in total. The average Bonchev–Trinajstić information content (AvgIpc) is 2.53. The number of aliphatic imine (C=N–C) groups is 1. The minimum atomic E-state index is -0.375. The van der Waals surface area contributed by atoms with Crippen molar-refractivity contribution >= 4 is 29.9 Å². The average molecular weight is 449 g/mol. The number of guanidine groups is 1. The molecule has 0 atom stereocenters. The summed E-state index contributed by atoms with van der Waals surface area (Å²) in [6.45, 7) is 6.21. The first-order chi connectivity index (χ1) is 11.1.